The molecule has 3 N–H and O–H groups in total. The van der Waals surface area contributed by atoms with Crippen LogP contribution in [0.2, 0.25) is 0 Å². The van der Waals surface area contributed by atoms with E-state index in [-0.39, 0.29) is 12.1 Å². The number of aliphatic hydroxyl groups is 1. The third-order valence-corrected chi connectivity index (χ3v) is 9.43. The number of rotatable bonds is 12. The molecule has 3 aromatic rings. The molecule has 3 heterocycles. The lowest BCUT2D eigenvalue weighted by molar-refractivity contribution is -0.946. The Hall–Kier alpha value is -3.68. The van der Waals surface area contributed by atoms with Crippen LogP contribution >= 0.6 is 0 Å². The van der Waals surface area contributed by atoms with Crippen molar-refractivity contribution in [2.45, 2.75) is 64.1 Å². The zero-order chi connectivity index (χ0) is 30.3. The lowest BCUT2D eigenvalue weighted by Crippen LogP contribution is -2.65. The van der Waals surface area contributed by atoms with Crippen molar-refractivity contribution in [1.29, 1.82) is 0 Å². The van der Waals surface area contributed by atoms with E-state index in [4.69, 9.17) is 4.74 Å². The molecule has 228 valence electrons. The molecule has 7 heteroatoms. The molecule has 6 rings (SSSR count). The number of nitrogens with zero attached hydrogens (tertiary/aromatic N) is 1. The number of nitrogens with one attached hydrogen (secondary N) is 2. The SMILES string of the molecule is CCCCc1ccc(NC(=O)NCCC[N+]23CCC(CC2)C(OC(=O)C(O)(c2ccccc2)c2ccccc2)C3)c(C)c1. The fourth-order valence-corrected chi connectivity index (χ4v) is 6.84. The van der Waals surface area contributed by atoms with Crippen LogP contribution in [0.1, 0.15) is 61.3 Å². The second-order valence-corrected chi connectivity index (χ2v) is 12.4. The Kier molecular flexibility index (Phi) is 9.83. The third-order valence-electron chi connectivity index (χ3n) is 9.43. The number of piperidine rings is 3. The van der Waals surface area contributed by atoms with E-state index in [1.165, 1.54) is 18.4 Å². The Balaban J connectivity index is 1.15. The standard InChI is InChI=1S/C36H45N3O4/c1-3-4-12-28-17-18-32(27(2)25-28)38-35(41)37-21-11-22-39-23-19-29(20-24-39)33(26-39)43-34(40)36(42,30-13-7-5-8-14-30)31-15-9-6-10-16-31/h5-10,13-18,25,29,33,42H,3-4,11-12,19-24,26H2,1-2H3,(H-,37,38,41)/p+1. The van der Waals surface area contributed by atoms with Gasteiger partial charge in [0.05, 0.1) is 19.6 Å². The number of quaternary nitrogens is 1. The second kappa shape index (κ2) is 13.7. The van der Waals surface area contributed by atoms with Gasteiger partial charge in [0.15, 0.2) is 6.10 Å². The van der Waals surface area contributed by atoms with Gasteiger partial charge in [-0.05, 0) is 48.1 Å². The number of anilines is 1. The van der Waals surface area contributed by atoms with Crippen LogP contribution in [-0.2, 0) is 21.6 Å². The maximum atomic E-state index is 13.8. The smallest absolute Gasteiger partial charge is 0.348 e. The van der Waals surface area contributed by atoms with E-state index in [0.717, 1.165) is 67.6 Å². The predicted molar refractivity (Wildman–Crippen MR) is 170 cm³/mol. The molecule has 43 heavy (non-hydrogen) atoms. The molecule has 0 aliphatic carbocycles. The van der Waals surface area contributed by atoms with Crippen molar-refractivity contribution in [3.05, 3.63) is 101 Å². The number of unbranched alkanes of at least 4 members (excludes halogenated alkanes) is 1. The summed E-state index contributed by atoms with van der Waals surface area (Å²) in [5.41, 5.74) is 2.36. The van der Waals surface area contributed by atoms with Gasteiger partial charge >= 0.3 is 12.0 Å². The van der Waals surface area contributed by atoms with Crippen molar-refractivity contribution in [3.8, 4) is 0 Å². The Morgan fingerprint density at radius 3 is 2.21 bits per heavy atom. The second-order valence-electron chi connectivity index (χ2n) is 12.4. The van der Waals surface area contributed by atoms with Crippen molar-refractivity contribution in [2.75, 3.05) is 38.0 Å². The Bertz CT molecular complexity index is 1330. The van der Waals surface area contributed by atoms with E-state index in [1.54, 1.807) is 24.3 Å². The first-order chi connectivity index (χ1) is 20.8. The zero-order valence-corrected chi connectivity index (χ0v) is 25.6. The summed E-state index contributed by atoms with van der Waals surface area (Å²) in [5, 5.41) is 17.9. The number of esters is 1. The Labute approximate surface area is 255 Å². The van der Waals surface area contributed by atoms with E-state index in [2.05, 4.69) is 29.7 Å². The summed E-state index contributed by atoms with van der Waals surface area (Å²) >= 11 is 0. The van der Waals surface area contributed by atoms with E-state index >= 15 is 0 Å². The number of fused-ring (bicyclic) bond motifs is 3. The van der Waals surface area contributed by atoms with Crippen LogP contribution in [-0.4, -0.2) is 60.4 Å². The molecular formula is C36H46N3O4+. The minimum absolute atomic E-state index is 0.185. The summed E-state index contributed by atoms with van der Waals surface area (Å²) in [6.45, 7) is 8.56. The van der Waals surface area contributed by atoms with E-state index < -0.39 is 11.6 Å². The monoisotopic (exact) mass is 584 g/mol. The average Bonchev–Trinajstić information content (AvgIpc) is 3.04. The highest BCUT2D eigenvalue weighted by Gasteiger charge is 2.50. The minimum Gasteiger partial charge on any atom is -0.453 e. The maximum Gasteiger partial charge on any atom is 0.348 e. The molecule has 0 spiro atoms. The Morgan fingerprint density at radius 1 is 0.953 bits per heavy atom. The number of amides is 2. The summed E-state index contributed by atoms with van der Waals surface area (Å²) in [7, 11) is 0. The van der Waals surface area contributed by atoms with Gasteiger partial charge in [-0.1, -0.05) is 86.1 Å². The molecule has 3 aliphatic heterocycles. The molecule has 1 atom stereocenters. The number of urea groups is 1. The van der Waals surface area contributed by atoms with Crippen LogP contribution in [0.15, 0.2) is 78.9 Å². The number of aryl methyl sites for hydroxylation is 2. The first-order valence-corrected chi connectivity index (χ1v) is 15.9. The van der Waals surface area contributed by atoms with Gasteiger partial charge in [-0.25, -0.2) is 9.59 Å². The number of hydrogen-bond acceptors (Lipinski definition) is 4. The highest BCUT2D eigenvalue weighted by Crippen LogP contribution is 2.38. The van der Waals surface area contributed by atoms with Gasteiger partial charge in [0, 0.05) is 37.4 Å². The number of benzene rings is 3. The third kappa shape index (κ3) is 7.11. The van der Waals surface area contributed by atoms with Crippen molar-refractivity contribution < 1.29 is 23.9 Å². The number of carbonyl (C=O) groups excluding carboxylic acids is 2. The topological polar surface area (TPSA) is 87.7 Å². The van der Waals surface area contributed by atoms with Crippen LogP contribution in [0.25, 0.3) is 0 Å². The average molecular weight is 585 g/mol. The molecule has 2 bridgehead atoms. The Morgan fingerprint density at radius 2 is 1.60 bits per heavy atom. The molecule has 0 saturated carbocycles. The first kappa shape index (κ1) is 30.8. The zero-order valence-electron chi connectivity index (χ0n) is 25.6. The van der Waals surface area contributed by atoms with E-state index in [9.17, 15) is 14.7 Å². The van der Waals surface area contributed by atoms with E-state index in [0.29, 0.717) is 23.6 Å². The van der Waals surface area contributed by atoms with Gasteiger partial charge < -0.3 is 25.0 Å². The fraction of sp³-hybridized carbons (Fsp3) is 0.444. The van der Waals surface area contributed by atoms with Crippen molar-refractivity contribution >= 4 is 17.7 Å². The molecule has 0 aromatic heterocycles. The molecular weight excluding hydrogens is 538 g/mol. The number of hydrogen-bond donors (Lipinski definition) is 3. The van der Waals surface area contributed by atoms with Gasteiger partial charge in [0.1, 0.15) is 6.54 Å². The van der Waals surface area contributed by atoms with Crippen LogP contribution in [0, 0.1) is 12.8 Å². The van der Waals surface area contributed by atoms with Gasteiger partial charge in [-0.15, -0.1) is 0 Å². The lowest BCUT2D eigenvalue weighted by atomic mass is 9.82. The van der Waals surface area contributed by atoms with Crippen LogP contribution < -0.4 is 10.6 Å². The molecule has 0 radical (unpaired) electrons. The summed E-state index contributed by atoms with van der Waals surface area (Å²) in [4.78, 5) is 26.4. The molecule has 7 nitrogen and oxygen atoms in total. The summed E-state index contributed by atoms with van der Waals surface area (Å²) in [6.07, 6.45) is 5.98. The van der Waals surface area contributed by atoms with Crippen LogP contribution in [0.5, 0.6) is 0 Å². The molecule has 3 saturated heterocycles. The number of carbonyl (C=O) groups is 2. The fourth-order valence-electron chi connectivity index (χ4n) is 6.84. The molecule has 1 unspecified atom stereocenters. The van der Waals surface area contributed by atoms with Crippen LogP contribution in [0.3, 0.4) is 0 Å². The maximum absolute atomic E-state index is 13.8. The molecule has 3 aliphatic rings. The van der Waals surface area contributed by atoms with Gasteiger partial charge in [0.25, 0.3) is 0 Å². The quantitative estimate of drug-likeness (QED) is 0.140. The van der Waals surface area contributed by atoms with Crippen LogP contribution in [0.4, 0.5) is 10.5 Å². The van der Waals surface area contributed by atoms with Gasteiger partial charge in [-0.3, -0.25) is 0 Å². The minimum atomic E-state index is -1.87. The molecule has 3 aromatic carbocycles. The first-order valence-electron chi connectivity index (χ1n) is 15.9. The summed E-state index contributed by atoms with van der Waals surface area (Å²) < 4.78 is 7.07. The predicted octanol–water partition coefficient (Wildman–Crippen LogP) is 5.94. The van der Waals surface area contributed by atoms with Gasteiger partial charge in [0.2, 0.25) is 5.60 Å². The summed E-state index contributed by atoms with van der Waals surface area (Å²) in [6, 6.07) is 24.2. The largest absolute Gasteiger partial charge is 0.453 e. The summed E-state index contributed by atoms with van der Waals surface area (Å²) in [5.74, 6) is -0.311. The van der Waals surface area contributed by atoms with E-state index in [1.807, 2.05) is 49.4 Å². The normalized spacial score (nSPS) is 21.3. The number of ether oxygens (including phenoxy) is 1. The lowest BCUT2D eigenvalue weighted by Gasteiger charge is -2.52. The highest BCUT2D eigenvalue weighted by molar-refractivity contribution is 5.90. The molecule has 2 amide bonds. The van der Waals surface area contributed by atoms with Crippen molar-refractivity contribution in [3.63, 3.8) is 0 Å². The van der Waals surface area contributed by atoms with Gasteiger partial charge in [-0.2, -0.15) is 0 Å². The van der Waals surface area contributed by atoms with Crippen molar-refractivity contribution in [2.24, 2.45) is 5.92 Å². The van der Waals surface area contributed by atoms with Crippen molar-refractivity contribution in [1.82, 2.24) is 5.32 Å². The highest BCUT2D eigenvalue weighted by atomic mass is 16.6. The molecule has 3 fully saturated rings.